The molecule has 20 heavy (non-hydrogen) atoms. The highest BCUT2D eigenvalue weighted by molar-refractivity contribution is 6.00. The number of benzene rings is 2. The minimum atomic E-state index is -0.960. The van der Waals surface area contributed by atoms with Crippen LogP contribution in [0.15, 0.2) is 36.4 Å². The van der Waals surface area contributed by atoms with E-state index < -0.39 is 11.9 Å². The van der Waals surface area contributed by atoms with E-state index in [1.165, 1.54) is 12.1 Å². The van der Waals surface area contributed by atoms with E-state index in [-0.39, 0.29) is 12.3 Å². The largest absolute Gasteiger partial charge is 0.384 e. The Labute approximate surface area is 116 Å². The lowest BCUT2D eigenvalue weighted by Gasteiger charge is -2.16. The fourth-order valence-electron chi connectivity index (χ4n) is 2.57. The molecule has 0 spiro atoms. The summed E-state index contributed by atoms with van der Waals surface area (Å²) in [5.74, 6) is -0.620. The fraction of sp³-hybridized carbons (Fsp3) is 0.188. The number of anilines is 1. The Hall–Kier alpha value is -2.20. The molecule has 1 atom stereocenters. The Balaban J connectivity index is 2.09. The molecule has 3 nitrogen and oxygen atoms in total. The summed E-state index contributed by atoms with van der Waals surface area (Å²) in [6.45, 7) is 1.92. The van der Waals surface area contributed by atoms with Crippen LogP contribution in [0.2, 0.25) is 0 Å². The van der Waals surface area contributed by atoms with Crippen LogP contribution in [-0.2, 0) is 11.2 Å². The summed E-state index contributed by atoms with van der Waals surface area (Å²) < 4.78 is 13.7. The van der Waals surface area contributed by atoms with Crippen LogP contribution in [0.25, 0.3) is 0 Å². The Bertz CT molecular complexity index is 697. The Morgan fingerprint density at radius 3 is 2.85 bits per heavy atom. The third-order valence-corrected chi connectivity index (χ3v) is 3.48. The number of halogens is 1. The molecule has 1 heterocycles. The van der Waals surface area contributed by atoms with Crippen LogP contribution in [-0.4, -0.2) is 11.0 Å². The molecule has 0 bridgehead atoms. The van der Waals surface area contributed by atoms with Crippen LogP contribution in [0.4, 0.5) is 10.1 Å². The molecule has 0 aromatic heterocycles. The van der Waals surface area contributed by atoms with Gasteiger partial charge in [0.25, 0.3) is 0 Å². The van der Waals surface area contributed by atoms with Gasteiger partial charge < -0.3 is 10.4 Å². The van der Waals surface area contributed by atoms with Gasteiger partial charge in [-0.05, 0) is 30.2 Å². The first-order chi connectivity index (χ1) is 9.54. The molecule has 0 saturated heterocycles. The van der Waals surface area contributed by atoms with Gasteiger partial charge in [0.1, 0.15) is 11.9 Å². The summed E-state index contributed by atoms with van der Waals surface area (Å²) in [6, 6.07) is 10.0. The van der Waals surface area contributed by atoms with Gasteiger partial charge in [-0.3, -0.25) is 4.79 Å². The molecule has 3 rings (SSSR count). The van der Waals surface area contributed by atoms with Crippen LogP contribution in [0.3, 0.4) is 0 Å². The first-order valence-corrected chi connectivity index (χ1v) is 6.41. The Morgan fingerprint density at radius 2 is 2.10 bits per heavy atom. The lowest BCUT2D eigenvalue weighted by Crippen LogP contribution is -2.08. The molecule has 2 aromatic rings. The van der Waals surface area contributed by atoms with Crippen molar-refractivity contribution < 1.29 is 14.3 Å². The number of carbonyl (C=O) groups is 1. The SMILES string of the molecule is Cc1cccc(C(O)c2cc(F)cc3c2NC(=O)C3)c1. The van der Waals surface area contributed by atoms with Gasteiger partial charge in [0, 0.05) is 5.56 Å². The third kappa shape index (κ3) is 2.18. The lowest BCUT2D eigenvalue weighted by atomic mass is 9.96. The van der Waals surface area contributed by atoms with Gasteiger partial charge in [0.15, 0.2) is 0 Å². The van der Waals surface area contributed by atoms with Crippen molar-refractivity contribution in [3.05, 3.63) is 64.5 Å². The van der Waals surface area contributed by atoms with E-state index in [1.807, 2.05) is 25.1 Å². The number of carbonyl (C=O) groups excluding carboxylic acids is 1. The molecule has 1 aliphatic heterocycles. The van der Waals surface area contributed by atoms with Crippen LogP contribution < -0.4 is 5.32 Å². The fourth-order valence-corrected chi connectivity index (χ4v) is 2.57. The molecule has 4 heteroatoms. The zero-order valence-electron chi connectivity index (χ0n) is 11.0. The molecule has 102 valence electrons. The maximum absolute atomic E-state index is 13.7. The Morgan fingerprint density at radius 1 is 1.30 bits per heavy atom. The van der Waals surface area contributed by atoms with Crippen LogP contribution in [0, 0.1) is 12.7 Å². The highest BCUT2D eigenvalue weighted by Gasteiger charge is 2.25. The first-order valence-electron chi connectivity index (χ1n) is 6.41. The topological polar surface area (TPSA) is 49.3 Å². The Kier molecular flexibility index (Phi) is 3.03. The number of hydrogen-bond donors (Lipinski definition) is 2. The van der Waals surface area contributed by atoms with Crippen LogP contribution in [0.1, 0.15) is 28.4 Å². The second-order valence-corrected chi connectivity index (χ2v) is 5.07. The van der Waals surface area contributed by atoms with Crippen molar-refractivity contribution in [3.8, 4) is 0 Å². The predicted octanol–water partition coefficient (Wildman–Crippen LogP) is 2.71. The summed E-state index contributed by atoms with van der Waals surface area (Å²) in [7, 11) is 0. The summed E-state index contributed by atoms with van der Waals surface area (Å²) >= 11 is 0. The van der Waals surface area contributed by atoms with Crippen LogP contribution in [0.5, 0.6) is 0 Å². The minimum absolute atomic E-state index is 0.153. The average Bonchev–Trinajstić information content (AvgIpc) is 2.77. The van der Waals surface area contributed by atoms with Gasteiger partial charge in [0.05, 0.1) is 12.1 Å². The third-order valence-electron chi connectivity index (χ3n) is 3.48. The number of aliphatic hydroxyl groups is 1. The molecule has 0 aliphatic carbocycles. The summed E-state index contributed by atoms with van der Waals surface area (Å²) in [5, 5.41) is 13.2. The normalized spacial score (nSPS) is 14.8. The molecule has 1 aliphatic rings. The predicted molar refractivity (Wildman–Crippen MR) is 74.0 cm³/mol. The monoisotopic (exact) mass is 271 g/mol. The number of hydrogen-bond acceptors (Lipinski definition) is 2. The van der Waals surface area contributed by atoms with E-state index in [0.29, 0.717) is 22.4 Å². The number of nitrogens with one attached hydrogen (secondary N) is 1. The second-order valence-electron chi connectivity index (χ2n) is 5.07. The molecular weight excluding hydrogens is 257 g/mol. The second kappa shape index (κ2) is 4.72. The first kappa shape index (κ1) is 12.8. The lowest BCUT2D eigenvalue weighted by molar-refractivity contribution is -0.115. The molecule has 2 N–H and O–H groups in total. The molecule has 1 unspecified atom stereocenters. The molecule has 1 amide bonds. The van der Waals surface area contributed by atoms with Gasteiger partial charge in [-0.25, -0.2) is 4.39 Å². The maximum Gasteiger partial charge on any atom is 0.228 e. The molecular formula is C16H14FNO2. The van der Waals surface area contributed by atoms with E-state index in [0.717, 1.165) is 5.56 Å². The van der Waals surface area contributed by atoms with Crippen molar-refractivity contribution in [2.75, 3.05) is 5.32 Å². The highest BCUT2D eigenvalue weighted by atomic mass is 19.1. The quantitative estimate of drug-likeness (QED) is 0.882. The van der Waals surface area contributed by atoms with Gasteiger partial charge in [-0.15, -0.1) is 0 Å². The van der Waals surface area contributed by atoms with Gasteiger partial charge in [0.2, 0.25) is 5.91 Å². The minimum Gasteiger partial charge on any atom is -0.384 e. The van der Waals surface area contributed by atoms with E-state index >= 15 is 0 Å². The van der Waals surface area contributed by atoms with E-state index in [2.05, 4.69) is 5.32 Å². The molecule has 0 saturated carbocycles. The zero-order chi connectivity index (χ0) is 14.3. The van der Waals surface area contributed by atoms with E-state index in [1.54, 1.807) is 6.07 Å². The number of fused-ring (bicyclic) bond motifs is 1. The molecule has 2 aromatic carbocycles. The van der Waals surface area contributed by atoms with Crippen molar-refractivity contribution in [2.45, 2.75) is 19.4 Å². The van der Waals surface area contributed by atoms with Crippen molar-refractivity contribution in [1.82, 2.24) is 0 Å². The summed E-state index contributed by atoms with van der Waals surface area (Å²) in [6.07, 6.45) is -0.807. The smallest absolute Gasteiger partial charge is 0.228 e. The van der Waals surface area contributed by atoms with Crippen molar-refractivity contribution in [2.24, 2.45) is 0 Å². The molecule has 0 radical (unpaired) electrons. The van der Waals surface area contributed by atoms with E-state index in [9.17, 15) is 14.3 Å². The maximum atomic E-state index is 13.7. The van der Waals surface area contributed by atoms with Gasteiger partial charge >= 0.3 is 0 Å². The highest BCUT2D eigenvalue weighted by Crippen LogP contribution is 2.35. The van der Waals surface area contributed by atoms with Gasteiger partial charge in [-0.2, -0.15) is 0 Å². The number of aryl methyl sites for hydroxylation is 1. The van der Waals surface area contributed by atoms with E-state index in [4.69, 9.17) is 0 Å². The number of rotatable bonds is 2. The number of aliphatic hydroxyl groups excluding tert-OH is 1. The zero-order valence-corrected chi connectivity index (χ0v) is 11.0. The van der Waals surface area contributed by atoms with Crippen molar-refractivity contribution in [3.63, 3.8) is 0 Å². The van der Waals surface area contributed by atoms with Crippen LogP contribution >= 0.6 is 0 Å². The summed E-state index contributed by atoms with van der Waals surface area (Å²) in [5.41, 5.74) is 3.22. The molecule has 0 fully saturated rings. The number of amides is 1. The van der Waals surface area contributed by atoms with Crippen molar-refractivity contribution >= 4 is 11.6 Å². The summed E-state index contributed by atoms with van der Waals surface area (Å²) in [4.78, 5) is 11.5. The average molecular weight is 271 g/mol. The van der Waals surface area contributed by atoms with Crippen molar-refractivity contribution in [1.29, 1.82) is 0 Å². The van der Waals surface area contributed by atoms with Gasteiger partial charge in [-0.1, -0.05) is 29.8 Å². The standard InChI is InChI=1S/C16H14FNO2/c1-9-3-2-4-10(5-9)16(20)13-8-12(17)6-11-7-14(19)18-15(11)13/h2-6,8,16,20H,7H2,1H3,(H,18,19).